The molecule has 2 heteroatoms. The fraction of sp³-hybridized carbons (Fsp3) is 0.588. The molecule has 1 aliphatic carbocycles. The van der Waals surface area contributed by atoms with Crippen LogP contribution in [0, 0.1) is 11.3 Å². The maximum absolute atomic E-state index is 12.5. The Kier molecular flexibility index (Phi) is 2.92. The molecule has 0 bridgehead atoms. The van der Waals surface area contributed by atoms with E-state index < -0.39 is 0 Å². The lowest BCUT2D eigenvalue weighted by atomic mass is 9.93. The zero-order valence-corrected chi connectivity index (χ0v) is 12.1. The van der Waals surface area contributed by atoms with Crippen LogP contribution in [-0.2, 0) is 0 Å². The summed E-state index contributed by atoms with van der Waals surface area (Å²) in [6.07, 6.45) is 2.38. The van der Waals surface area contributed by atoms with Gasteiger partial charge in [0.05, 0.1) is 0 Å². The average molecular weight is 257 g/mol. The van der Waals surface area contributed by atoms with Crippen molar-refractivity contribution in [3.8, 4) is 0 Å². The predicted molar refractivity (Wildman–Crippen MR) is 77.3 cm³/mol. The van der Waals surface area contributed by atoms with Crippen LogP contribution < -0.4 is 0 Å². The molecule has 1 aromatic carbocycles. The van der Waals surface area contributed by atoms with E-state index in [2.05, 4.69) is 32.9 Å². The summed E-state index contributed by atoms with van der Waals surface area (Å²) in [7, 11) is 0. The van der Waals surface area contributed by atoms with Crippen LogP contribution in [0.1, 0.15) is 55.5 Å². The van der Waals surface area contributed by atoms with E-state index in [1.54, 1.807) is 0 Å². The van der Waals surface area contributed by atoms with Gasteiger partial charge in [0, 0.05) is 18.7 Å². The lowest BCUT2D eigenvalue weighted by molar-refractivity contribution is 0.0778. The minimum atomic E-state index is 0.209. The third kappa shape index (κ3) is 2.54. The second-order valence-electron chi connectivity index (χ2n) is 7.09. The van der Waals surface area contributed by atoms with Crippen LogP contribution in [0.5, 0.6) is 0 Å². The molecule has 2 fully saturated rings. The second kappa shape index (κ2) is 4.36. The Morgan fingerprint density at radius 1 is 1.37 bits per heavy atom. The van der Waals surface area contributed by atoms with E-state index >= 15 is 0 Å². The van der Waals surface area contributed by atoms with Crippen molar-refractivity contribution in [1.29, 1.82) is 0 Å². The molecule has 0 aromatic heterocycles. The standard InChI is InChI=1S/C17H23NO/c1-12-9-15(12)13-5-4-6-14(10-13)16(19)18-8-7-17(2,3)11-18/h4-6,10,12,15H,7-9,11H2,1-3H3/t12-,15-/m0/s1. The number of rotatable bonds is 2. The quantitative estimate of drug-likeness (QED) is 0.791. The van der Waals surface area contributed by atoms with E-state index in [1.165, 1.54) is 12.0 Å². The highest BCUT2D eigenvalue weighted by molar-refractivity contribution is 5.94. The number of carbonyl (C=O) groups is 1. The van der Waals surface area contributed by atoms with Crippen molar-refractivity contribution >= 4 is 5.91 Å². The smallest absolute Gasteiger partial charge is 0.253 e. The van der Waals surface area contributed by atoms with Gasteiger partial charge in [-0.25, -0.2) is 0 Å². The van der Waals surface area contributed by atoms with Gasteiger partial charge in [-0.2, -0.15) is 0 Å². The molecule has 0 radical (unpaired) electrons. The average Bonchev–Trinajstić information content (AvgIpc) is 3.00. The highest BCUT2D eigenvalue weighted by Gasteiger charge is 2.35. The first-order valence-corrected chi connectivity index (χ1v) is 7.35. The van der Waals surface area contributed by atoms with Crippen molar-refractivity contribution in [2.75, 3.05) is 13.1 Å². The molecule has 1 aromatic rings. The molecule has 2 aliphatic rings. The monoisotopic (exact) mass is 257 g/mol. The largest absolute Gasteiger partial charge is 0.338 e. The molecule has 1 heterocycles. The number of benzene rings is 1. The van der Waals surface area contributed by atoms with Crippen molar-refractivity contribution in [2.24, 2.45) is 11.3 Å². The van der Waals surface area contributed by atoms with Gasteiger partial charge in [0.2, 0.25) is 0 Å². The number of likely N-dealkylation sites (tertiary alicyclic amines) is 1. The first kappa shape index (κ1) is 12.7. The predicted octanol–water partition coefficient (Wildman–Crippen LogP) is 3.68. The van der Waals surface area contributed by atoms with Crippen LogP contribution in [0.15, 0.2) is 24.3 Å². The van der Waals surface area contributed by atoms with E-state index in [1.807, 2.05) is 17.0 Å². The van der Waals surface area contributed by atoms with Gasteiger partial charge in [0.15, 0.2) is 0 Å². The maximum Gasteiger partial charge on any atom is 0.253 e. The van der Waals surface area contributed by atoms with Crippen LogP contribution in [0.3, 0.4) is 0 Å². The van der Waals surface area contributed by atoms with E-state index in [-0.39, 0.29) is 11.3 Å². The number of amides is 1. The van der Waals surface area contributed by atoms with E-state index in [0.29, 0.717) is 5.92 Å². The number of hydrogen-bond donors (Lipinski definition) is 0. The molecule has 0 unspecified atom stereocenters. The summed E-state index contributed by atoms with van der Waals surface area (Å²) in [5, 5.41) is 0. The molecule has 3 rings (SSSR count). The topological polar surface area (TPSA) is 20.3 Å². The van der Waals surface area contributed by atoms with E-state index in [0.717, 1.165) is 31.0 Å². The SMILES string of the molecule is C[C@H]1C[C@@H]1c1cccc(C(=O)N2CCC(C)(C)C2)c1. The molecule has 1 amide bonds. The van der Waals surface area contributed by atoms with Crippen molar-refractivity contribution in [1.82, 2.24) is 4.90 Å². The lowest BCUT2D eigenvalue weighted by Crippen LogP contribution is -2.30. The van der Waals surface area contributed by atoms with Crippen LogP contribution >= 0.6 is 0 Å². The minimum absolute atomic E-state index is 0.209. The highest BCUT2D eigenvalue weighted by Crippen LogP contribution is 2.47. The molecule has 2 atom stereocenters. The van der Waals surface area contributed by atoms with Crippen molar-refractivity contribution < 1.29 is 4.79 Å². The van der Waals surface area contributed by atoms with E-state index in [9.17, 15) is 4.79 Å². The third-order valence-corrected chi connectivity index (χ3v) is 4.64. The zero-order valence-electron chi connectivity index (χ0n) is 12.1. The molecule has 1 aliphatic heterocycles. The summed E-state index contributed by atoms with van der Waals surface area (Å²) >= 11 is 0. The number of hydrogen-bond acceptors (Lipinski definition) is 1. The molecular weight excluding hydrogens is 234 g/mol. The Morgan fingerprint density at radius 2 is 2.11 bits per heavy atom. The first-order chi connectivity index (χ1) is 8.96. The zero-order chi connectivity index (χ0) is 13.6. The van der Waals surface area contributed by atoms with Gasteiger partial charge in [0.25, 0.3) is 5.91 Å². The Balaban J connectivity index is 1.77. The van der Waals surface area contributed by atoms with Gasteiger partial charge in [-0.05, 0) is 47.8 Å². The van der Waals surface area contributed by atoms with Gasteiger partial charge in [0.1, 0.15) is 0 Å². The van der Waals surface area contributed by atoms with Crippen molar-refractivity contribution in [2.45, 2.75) is 39.5 Å². The van der Waals surface area contributed by atoms with Crippen molar-refractivity contribution in [3.05, 3.63) is 35.4 Å². The summed E-state index contributed by atoms with van der Waals surface area (Å²) in [6, 6.07) is 8.28. The van der Waals surface area contributed by atoms with Crippen LogP contribution in [-0.4, -0.2) is 23.9 Å². The minimum Gasteiger partial charge on any atom is -0.338 e. The van der Waals surface area contributed by atoms with Crippen LogP contribution in [0.2, 0.25) is 0 Å². The van der Waals surface area contributed by atoms with Crippen LogP contribution in [0.4, 0.5) is 0 Å². The van der Waals surface area contributed by atoms with Crippen LogP contribution in [0.25, 0.3) is 0 Å². The molecule has 1 saturated carbocycles. The summed E-state index contributed by atoms with van der Waals surface area (Å²) in [4.78, 5) is 14.5. The molecular formula is C17H23NO. The maximum atomic E-state index is 12.5. The van der Waals surface area contributed by atoms with Crippen molar-refractivity contribution in [3.63, 3.8) is 0 Å². The fourth-order valence-electron chi connectivity index (χ4n) is 3.16. The summed E-state index contributed by atoms with van der Waals surface area (Å²) < 4.78 is 0. The fourth-order valence-corrected chi connectivity index (χ4v) is 3.16. The number of carbonyl (C=O) groups excluding carboxylic acids is 1. The molecule has 0 spiro atoms. The summed E-state index contributed by atoms with van der Waals surface area (Å²) in [5.74, 6) is 1.68. The van der Waals surface area contributed by atoms with Gasteiger partial charge in [-0.3, -0.25) is 4.79 Å². The molecule has 2 nitrogen and oxygen atoms in total. The first-order valence-electron chi connectivity index (χ1n) is 7.35. The normalized spacial score (nSPS) is 28.5. The number of nitrogens with zero attached hydrogens (tertiary/aromatic N) is 1. The molecule has 19 heavy (non-hydrogen) atoms. The van der Waals surface area contributed by atoms with Gasteiger partial charge in [-0.1, -0.05) is 32.9 Å². The van der Waals surface area contributed by atoms with Gasteiger partial charge in [-0.15, -0.1) is 0 Å². The summed E-state index contributed by atoms with van der Waals surface area (Å²) in [5.41, 5.74) is 2.49. The van der Waals surface area contributed by atoms with E-state index in [4.69, 9.17) is 0 Å². The van der Waals surface area contributed by atoms with Gasteiger partial charge < -0.3 is 4.90 Å². The Hall–Kier alpha value is -1.31. The Morgan fingerprint density at radius 3 is 2.68 bits per heavy atom. The Bertz CT molecular complexity index is 506. The molecule has 102 valence electrons. The highest BCUT2D eigenvalue weighted by atomic mass is 16.2. The third-order valence-electron chi connectivity index (χ3n) is 4.64. The molecule has 1 saturated heterocycles. The summed E-state index contributed by atoms with van der Waals surface area (Å²) in [6.45, 7) is 8.54. The van der Waals surface area contributed by atoms with Gasteiger partial charge >= 0.3 is 0 Å². The lowest BCUT2D eigenvalue weighted by Gasteiger charge is -2.20. The molecule has 0 N–H and O–H groups in total. The Labute approximate surface area is 115 Å². The second-order valence-corrected chi connectivity index (χ2v) is 7.09.